The molecule has 0 bridgehead atoms. The van der Waals surface area contributed by atoms with Crippen LogP contribution in [-0.4, -0.2) is 55.2 Å². The molecule has 2 fully saturated rings. The van der Waals surface area contributed by atoms with Crippen molar-refractivity contribution in [3.8, 4) is 6.07 Å². The summed E-state index contributed by atoms with van der Waals surface area (Å²) in [6.07, 6.45) is 3.54. The Hall–Kier alpha value is -2.75. The summed E-state index contributed by atoms with van der Waals surface area (Å²) < 4.78 is 4.80. The number of carbonyl (C=O) groups excluding carboxylic acids is 2. The van der Waals surface area contributed by atoms with E-state index >= 15 is 0 Å². The van der Waals surface area contributed by atoms with Crippen molar-refractivity contribution in [1.82, 2.24) is 9.80 Å². The lowest BCUT2D eigenvalue weighted by atomic mass is 9.72. The standard InChI is InChI=1S/C19H24N4O3/c1-26-18(25)22-10-7-19(8-11-22)6-3-9-23(14-19)17(24)21-16-5-2-4-15(12-16)13-20/h2,4-5,12H,3,6-11,14H2,1H3,(H,21,24). The van der Waals surface area contributed by atoms with Gasteiger partial charge in [0.15, 0.2) is 0 Å². The first-order chi connectivity index (χ1) is 12.5. The zero-order valence-corrected chi connectivity index (χ0v) is 15.0. The van der Waals surface area contributed by atoms with Crippen molar-refractivity contribution >= 4 is 17.8 Å². The Morgan fingerprint density at radius 3 is 2.65 bits per heavy atom. The van der Waals surface area contributed by atoms with E-state index in [9.17, 15) is 9.59 Å². The van der Waals surface area contributed by atoms with Crippen LogP contribution < -0.4 is 5.32 Å². The quantitative estimate of drug-likeness (QED) is 0.838. The summed E-state index contributed by atoms with van der Waals surface area (Å²) in [7, 11) is 1.40. The number of ether oxygens (including phenoxy) is 1. The van der Waals surface area contributed by atoms with Crippen molar-refractivity contribution in [3.63, 3.8) is 0 Å². The zero-order chi connectivity index (χ0) is 18.6. The van der Waals surface area contributed by atoms with Gasteiger partial charge in [-0.05, 0) is 49.3 Å². The maximum atomic E-state index is 12.7. The number of methoxy groups -OCH3 is 1. The summed E-state index contributed by atoms with van der Waals surface area (Å²) in [4.78, 5) is 27.9. The maximum absolute atomic E-state index is 12.7. The number of carbonyl (C=O) groups is 2. The van der Waals surface area contributed by atoms with E-state index in [4.69, 9.17) is 10.00 Å². The summed E-state index contributed by atoms with van der Waals surface area (Å²) in [5.41, 5.74) is 1.23. The average molecular weight is 356 g/mol. The molecular formula is C19H24N4O3. The lowest BCUT2D eigenvalue weighted by Crippen LogP contribution is -2.52. The molecule has 2 aliphatic rings. The first kappa shape index (κ1) is 18.1. The highest BCUT2D eigenvalue weighted by atomic mass is 16.5. The zero-order valence-electron chi connectivity index (χ0n) is 15.0. The summed E-state index contributed by atoms with van der Waals surface area (Å²) in [6.45, 7) is 2.77. The molecule has 0 atom stereocenters. The molecule has 0 unspecified atom stereocenters. The number of nitrogens with one attached hydrogen (secondary N) is 1. The number of likely N-dealkylation sites (tertiary alicyclic amines) is 2. The summed E-state index contributed by atoms with van der Waals surface area (Å²) in [5, 5.41) is 11.9. The van der Waals surface area contributed by atoms with Gasteiger partial charge in [-0.3, -0.25) is 0 Å². The fourth-order valence-electron chi connectivity index (χ4n) is 3.95. The highest BCUT2D eigenvalue weighted by Crippen LogP contribution is 2.40. The fourth-order valence-corrected chi connectivity index (χ4v) is 3.95. The van der Waals surface area contributed by atoms with Crippen LogP contribution in [0.4, 0.5) is 15.3 Å². The number of rotatable bonds is 1. The van der Waals surface area contributed by atoms with E-state index in [1.54, 1.807) is 29.2 Å². The third-order valence-corrected chi connectivity index (χ3v) is 5.45. The Balaban J connectivity index is 1.60. The molecule has 138 valence electrons. The second-order valence-electron chi connectivity index (χ2n) is 7.10. The van der Waals surface area contributed by atoms with Crippen LogP contribution in [0.15, 0.2) is 24.3 Å². The second-order valence-corrected chi connectivity index (χ2v) is 7.10. The molecule has 1 spiro atoms. The highest BCUT2D eigenvalue weighted by Gasteiger charge is 2.40. The summed E-state index contributed by atoms with van der Waals surface area (Å²) in [5.74, 6) is 0. The Morgan fingerprint density at radius 1 is 1.19 bits per heavy atom. The number of benzene rings is 1. The van der Waals surface area contributed by atoms with E-state index in [1.165, 1.54) is 7.11 Å². The van der Waals surface area contributed by atoms with Crippen LogP contribution in [-0.2, 0) is 4.74 Å². The van der Waals surface area contributed by atoms with Crippen molar-refractivity contribution in [2.75, 3.05) is 38.6 Å². The van der Waals surface area contributed by atoms with E-state index < -0.39 is 0 Å². The van der Waals surface area contributed by atoms with E-state index in [0.29, 0.717) is 30.9 Å². The molecule has 7 heteroatoms. The molecule has 1 aromatic rings. The lowest BCUT2D eigenvalue weighted by molar-refractivity contribution is 0.0366. The third-order valence-electron chi connectivity index (χ3n) is 5.45. The van der Waals surface area contributed by atoms with Gasteiger partial charge < -0.3 is 19.9 Å². The van der Waals surface area contributed by atoms with Gasteiger partial charge in [-0.1, -0.05) is 6.07 Å². The van der Waals surface area contributed by atoms with Gasteiger partial charge in [0, 0.05) is 31.9 Å². The molecule has 3 rings (SSSR count). The largest absolute Gasteiger partial charge is 0.453 e. The SMILES string of the molecule is COC(=O)N1CCC2(CCCN(C(=O)Nc3cccc(C#N)c3)C2)CC1. The predicted molar refractivity (Wildman–Crippen MR) is 96.6 cm³/mol. The smallest absolute Gasteiger partial charge is 0.409 e. The monoisotopic (exact) mass is 356 g/mol. The molecule has 26 heavy (non-hydrogen) atoms. The first-order valence-electron chi connectivity index (χ1n) is 8.94. The van der Waals surface area contributed by atoms with E-state index in [2.05, 4.69) is 11.4 Å². The van der Waals surface area contributed by atoms with Crippen molar-refractivity contribution < 1.29 is 14.3 Å². The van der Waals surface area contributed by atoms with Gasteiger partial charge in [-0.25, -0.2) is 9.59 Å². The van der Waals surface area contributed by atoms with E-state index in [0.717, 1.165) is 32.2 Å². The number of hydrogen-bond donors (Lipinski definition) is 1. The minimum absolute atomic E-state index is 0.0780. The average Bonchev–Trinajstić information content (AvgIpc) is 2.68. The molecule has 2 saturated heterocycles. The molecule has 7 nitrogen and oxygen atoms in total. The number of hydrogen-bond acceptors (Lipinski definition) is 4. The van der Waals surface area contributed by atoms with Crippen molar-refractivity contribution in [1.29, 1.82) is 5.26 Å². The Kier molecular flexibility index (Phi) is 5.31. The second kappa shape index (κ2) is 7.65. The molecule has 0 aliphatic carbocycles. The van der Waals surface area contributed by atoms with E-state index in [1.807, 2.05) is 4.90 Å². The molecule has 3 amide bonds. The minimum atomic E-state index is -0.275. The van der Waals surface area contributed by atoms with Crippen LogP contribution in [0.25, 0.3) is 0 Å². The molecule has 0 aromatic heterocycles. The Labute approximate surface area is 153 Å². The summed E-state index contributed by atoms with van der Waals surface area (Å²) in [6, 6.07) is 8.87. The molecule has 2 heterocycles. The fraction of sp³-hybridized carbons (Fsp3) is 0.526. The van der Waals surface area contributed by atoms with Crippen LogP contribution in [0, 0.1) is 16.7 Å². The molecule has 1 aromatic carbocycles. The normalized spacial score (nSPS) is 18.9. The number of nitrogens with zero attached hydrogens (tertiary/aromatic N) is 3. The van der Waals surface area contributed by atoms with Gasteiger partial charge in [0.1, 0.15) is 0 Å². The molecule has 1 N–H and O–H groups in total. The predicted octanol–water partition coefficient (Wildman–Crippen LogP) is 3.03. The maximum Gasteiger partial charge on any atom is 0.409 e. The Morgan fingerprint density at radius 2 is 1.96 bits per heavy atom. The molecule has 2 aliphatic heterocycles. The van der Waals surface area contributed by atoms with Gasteiger partial charge in [0.05, 0.1) is 18.7 Å². The van der Waals surface area contributed by atoms with Crippen molar-refractivity contribution in [2.45, 2.75) is 25.7 Å². The van der Waals surface area contributed by atoms with Gasteiger partial charge in [0.25, 0.3) is 0 Å². The van der Waals surface area contributed by atoms with Crippen LogP contribution in [0.1, 0.15) is 31.2 Å². The minimum Gasteiger partial charge on any atom is -0.453 e. The van der Waals surface area contributed by atoms with Gasteiger partial charge in [-0.2, -0.15) is 5.26 Å². The topological polar surface area (TPSA) is 85.7 Å². The molecular weight excluding hydrogens is 332 g/mol. The van der Waals surface area contributed by atoms with Gasteiger partial charge >= 0.3 is 12.1 Å². The van der Waals surface area contributed by atoms with E-state index in [-0.39, 0.29) is 17.5 Å². The summed E-state index contributed by atoms with van der Waals surface area (Å²) >= 11 is 0. The third kappa shape index (κ3) is 3.90. The first-order valence-corrected chi connectivity index (χ1v) is 8.94. The van der Waals surface area contributed by atoms with Gasteiger partial charge in [-0.15, -0.1) is 0 Å². The number of nitriles is 1. The molecule has 0 saturated carbocycles. The number of piperidine rings is 2. The van der Waals surface area contributed by atoms with Crippen molar-refractivity contribution in [2.24, 2.45) is 5.41 Å². The Bertz CT molecular complexity index is 720. The van der Waals surface area contributed by atoms with Crippen LogP contribution in [0.2, 0.25) is 0 Å². The van der Waals surface area contributed by atoms with Gasteiger partial charge in [0.2, 0.25) is 0 Å². The number of urea groups is 1. The van der Waals surface area contributed by atoms with Crippen molar-refractivity contribution in [3.05, 3.63) is 29.8 Å². The molecule has 0 radical (unpaired) electrons. The van der Waals surface area contributed by atoms with Crippen LogP contribution in [0.3, 0.4) is 0 Å². The highest BCUT2D eigenvalue weighted by molar-refractivity contribution is 5.89. The lowest BCUT2D eigenvalue weighted by Gasteiger charge is -2.47. The van der Waals surface area contributed by atoms with Crippen LogP contribution in [0.5, 0.6) is 0 Å². The number of anilines is 1. The van der Waals surface area contributed by atoms with Crippen LogP contribution >= 0.6 is 0 Å². The number of amides is 3.